The highest BCUT2D eigenvalue weighted by Gasteiger charge is 2.32. The lowest BCUT2D eigenvalue weighted by Crippen LogP contribution is -2.55. The largest absolute Gasteiger partial charge is 0.481 e. The quantitative estimate of drug-likeness (QED) is 0.593. The maximum absolute atomic E-state index is 14.2. The lowest BCUT2D eigenvalue weighted by Gasteiger charge is -2.25. The summed E-state index contributed by atoms with van der Waals surface area (Å²) in [4.78, 5) is 49.0. The van der Waals surface area contributed by atoms with E-state index in [4.69, 9.17) is 0 Å². The van der Waals surface area contributed by atoms with Gasteiger partial charge in [0, 0.05) is 31.0 Å². The van der Waals surface area contributed by atoms with Crippen LogP contribution in [0, 0.1) is 11.6 Å². The van der Waals surface area contributed by atoms with Gasteiger partial charge in [-0.3, -0.25) is 14.4 Å². The number of carboxylic acid groups (broad SMARTS) is 1. The van der Waals surface area contributed by atoms with E-state index in [1.165, 1.54) is 37.5 Å². The van der Waals surface area contributed by atoms with Crippen LogP contribution in [0.15, 0.2) is 54.7 Å². The molecular formula is C22H19F2N3O5. The molecule has 3 N–H and O–H groups in total. The fraction of sp³-hybridized carbons (Fsp3) is 0.182. The maximum Gasteiger partial charge on any atom is 0.316 e. The van der Waals surface area contributed by atoms with Gasteiger partial charge in [0.25, 0.3) is 5.91 Å². The molecule has 0 saturated heterocycles. The predicted molar refractivity (Wildman–Crippen MR) is 109 cm³/mol. The average molecular weight is 443 g/mol. The molecule has 0 saturated carbocycles. The second kappa shape index (κ2) is 9.38. The van der Waals surface area contributed by atoms with Gasteiger partial charge in [0.1, 0.15) is 11.6 Å². The molecule has 32 heavy (non-hydrogen) atoms. The van der Waals surface area contributed by atoms with E-state index in [0.717, 1.165) is 23.1 Å². The van der Waals surface area contributed by atoms with Crippen molar-refractivity contribution in [1.29, 1.82) is 0 Å². The van der Waals surface area contributed by atoms with Crippen LogP contribution in [0.2, 0.25) is 0 Å². The number of nitrogens with one attached hydrogen (secondary N) is 2. The molecule has 0 bridgehead atoms. The molecule has 1 heterocycles. The van der Waals surface area contributed by atoms with E-state index in [9.17, 15) is 33.1 Å². The molecule has 3 amide bonds. The van der Waals surface area contributed by atoms with Gasteiger partial charge in [-0.1, -0.05) is 18.2 Å². The Bertz CT molecular complexity index is 1120. The number of hydrogen-bond donors (Lipinski definition) is 3. The van der Waals surface area contributed by atoms with Gasteiger partial charge in [-0.2, -0.15) is 0 Å². The fourth-order valence-corrected chi connectivity index (χ4v) is 3.22. The van der Waals surface area contributed by atoms with Crippen LogP contribution in [0.5, 0.6) is 0 Å². The van der Waals surface area contributed by atoms with E-state index in [2.05, 4.69) is 10.6 Å². The molecule has 0 spiro atoms. The van der Waals surface area contributed by atoms with Gasteiger partial charge in [-0.25, -0.2) is 13.6 Å². The van der Waals surface area contributed by atoms with Crippen molar-refractivity contribution < 1.29 is 33.1 Å². The van der Waals surface area contributed by atoms with Crippen molar-refractivity contribution in [2.24, 2.45) is 0 Å². The number of carboxylic acids is 1. The number of carbonyl (C=O) groups excluding carboxylic acids is 3. The zero-order valence-corrected chi connectivity index (χ0v) is 16.8. The molecule has 8 nitrogen and oxygen atoms in total. The number of nitrogens with zero attached hydrogens (tertiary/aromatic N) is 1. The fourth-order valence-electron chi connectivity index (χ4n) is 3.22. The van der Waals surface area contributed by atoms with Crippen molar-refractivity contribution >= 4 is 23.7 Å². The molecule has 2 atom stereocenters. The summed E-state index contributed by atoms with van der Waals surface area (Å²) in [6.45, 7) is 0. The van der Waals surface area contributed by atoms with Gasteiger partial charge < -0.3 is 20.6 Å². The Labute approximate surface area is 181 Å². The summed E-state index contributed by atoms with van der Waals surface area (Å²) >= 11 is 0. The molecule has 1 aliphatic rings. The molecule has 1 aliphatic heterocycles. The Kier molecular flexibility index (Phi) is 6.62. The van der Waals surface area contributed by atoms with E-state index in [1.54, 1.807) is 6.07 Å². The van der Waals surface area contributed by atoms with Crippen molar-refractivity contribution in [1.82, 2.24) is 15.5 Å². The number of carbonyl (C=O) groups is 4. The SMILES string of the molecule is CN1C=CC(=O)C(NC(=O)NC(CC(=O)O)c2cccc(-c3ccc(F)cc3F)c2)C1=O. The zero-order chi connectivity index (χ0) is 23.4. The van der Waals surface area contributed by atoms with Crippen LogP contribution in [-0.2, 0) is 14.4 Å². The first-order valence-corrected chi connectivity index (χ1v) is 9.48. The van der Waals surface area contributed by atoms with E-state index < -0.39 is 53.8 Å². The number of likely N-dealkylation sites (N-methyl/N-ethyl adjacent to an activating group) is 1. The second-order valence-corrected chi connectivity index (χ2v) is 7.12. The minimum Gasteiger partial charge on any atom is -0.481 e. The molecule has 2 aromatic rings. The number of aliphatic carboxylic acids is 1. The van der Waals surface area contributed by atoms with Crippen LogP contribution in [0.25, 0.3) is 11.1 Å². The number of benzene rings is 2. The van der Waals surface area contributed by atoms with Crippen molar-refractivity contribution in [3.8, 4) is 11.1 Å². The monoisotopic (exact) mass is 443 g/mol. The van der Waals surface area contributed by atoms with Gasteiger partial charge in [-0.15, -0.1) is 0 Å². The topological polar surface area (TPSA) is 116 Å². The molecule has 0 aliphatic carbocycles. The van der Waals surface area contributed by atoms with Crippen LogP contribution in [0.3, 0.4) is 0 Å². The van der Waals surface area contributed by atoms with Crippen molar-refractivity contribution in [3.05, 3.63) is 71.9 Å². The third-order valence-corrected chi connectivity index (χ3v) is 4.83. The lowest BCUT2D eigenvalue weighted by molar-refractivity contribution is -0.138. The third-order valence-electron chi connectivity index (χ3n) is 4.83. The summed E-state index contributed by atoms with van der Waals surface area (Å²) in [7, 11) is 1.42. The standard InChI is InChI=1S/C22H19F2N3O5/c1-27-8-7-18(28)20(21(27)31)26-22(32)25-17(11-19(29)30)13-4-2-3-12(9-13)15-6-5-14(23)10-16(15)24/h2-10,17,20H,11H2,1H3,(H,29,30)(H2,25,26,32). The Morgan fingerprint density at radius 1 is 1.16 bits per heavy atom. The summed E-state index contributed by atoms with van der Waals surface area (Å²) in [5, 5.41) is 13.9. The highest BCUT2D eigenvalue weighted by Crippen LogP contribution is 2.27. The molecule has 3 rings (SSSR count). The summed E-state index contributed by atoms with van der Waals surface area (Å²) in [5.74, 6) is -4.02. The summed E-state index contributed by atoms with van der Waals surface area (Å²) in [6.07, 6.45) is 1.89. The van der Waals surface area contributed by atoms with Crippen LogP contribution in [0.1, 0.15) is 18.0 Å². The normalized spacial score (nSPS) is 16.6. The predicted octanol–water partition coefficient (Wildman–Crippen LogP) is 2.37. The van der Waals surface area contributed by atoms with E-state index in [-0.39, 0.29) is 5.56 Å². The number of rotatable bonds is 6. The molecule has 2 aromatic carbocycles. The molecular weight excluding hydrogens is 424 g/mol. The Hall–Kier alpha value is -4.08. The smallest absolute Gasteiger partial charge is 0.316 e. The van der Waals surface area contributed by atoms with Gasteiger partial charge >= 0.3 is 12.0 Å². The first kappa shape index (κ1) is 22.6. The zero-order valence-electron chi connectivity index (χ0n) is 16.8. The van der Waals surface area contributed by atoms with Gasteiger partial charge in [0.2, 0.25) is 0 Å². The van der Waals surface area contributed by atoms with Crippen molar-refractivity contribution in [2.75, 3.05) is 7.05 Å². The number of halogens is 2. The molecule has 2 unspecified atom stereocenters. The number of hydrogen-bond acceptors (Lipinski definition) is 4. The lowest BCUT2D eigenvalue weighted by atomic mass is 9.97. The Morgan fingerprint density at radius 2 is 1.91 bits per heavy atom. The van der Waals surface area contributed by atoms with Gasteiger partial charge in [0.15, 0.2) is 11.8 Å². The van der Waals surface area contributed by atoms with E-state index in [1.807, 2.05) is 0 Å². The maximum atomic E-state index is 14.2. The van der Waals surface area contributed by atoms with Crippen molar-refractivity contribution in [3.63, 3.8) is 0 Å². The van der Waals surface area contributed by atoms with Crippen LogP contribution >= 0.6 is 0 Å². The van der Waals surface area contributed by atoms with Crippen molar-refractivity contribution in [2.45, 2.75) is 18.5 Å². The molecule has 0 radical (unpaired) electrons. The highest BCUT2D eigenvalue weighted by atomic mass is 19.1. The first-order chi connectivity index (χ1) is 15.2. The second-order valence-electron chi connectivity index (χ2n) is 7.12. The van der Waals surface area contributed by atoms with Crippen LogP contribution in [0.4, 0.5) is 13.6 Å². The van der Waals surface area contributed by atoms with E-state index in [0.29, 0.717) is 11.1 Å². The number of urea groups is 1. The Balaban J connectivity index is 1.83. The summed E-state index contributed by atoms with van der Waals surface area (Å²) < 4.78 is 27.4. The minimum atomic E-state index is -1.44. The van der Waals surface area contributed by atoms with E-state index >= 15 is 0 Å². The van der Waals surface area contributed by atoms with Crippen LogP contribution in [-0.4, -0.2) is 46.8 Å². The molecule has 0 fully saturated rings. The molecule has 10 heteroatoms. The number of amides is 3. The summed E-state index contributed by atoms with van der Waals surface area (Å²) in [6, 6.07) is 5.75. The molecule has 166 valence electrons. The van der Waals surface area contributed by atoms with Crippen LogP contribution < -0.4 is 10.6 Å². The highest BCUT2D eigenvalue weighted by molar-refractivity contribution is 6.14. The molecule has 0 aromatic heterocycles. The summed E-state index contributed by atoms with van der Waals surface area (Å²) in [5.41, 5.74) is 0.782. The minimum absolute atomic E-state index is 0.0972. The van der Waals surface area contributed by atoms with Gasteiger partial charge in [-0.05, 0) is 29.3 Å². The van der Waals surface area contributed by atoms with Gasteiger partial charge in [0.05, 0.1) is 12.5 Å². The Morgan fingerprint density at radius 3 is 2.59 bits per heavy atom. The number of ketones is 1. The first-order valence-electron chi connectivity index (χ1n) is 9.48. The average Bonchev–Trinajstić information content (AvgIpc) is 2.73. The third kappa shape index (κ3) is 5.15.